The van der Waals surface area contributed by atoms with Gasteiger partial charge < -0.3 is 29.2 Å². The van der Waals surface area contributed by atoms with Gasteiger partial charge in [-0.3, -0.25) is 19.3 Å². The number of amides is 2. The summed E-state index contributed by atoms with van der Waals surface area (Å²) in [6.45, 7) is 2.82. The third-order valence-corrected chi connectivity index (χ3v) is 9.31. The summed E-state index contributed by atoms with van der Waals surface area (Å²) in [7, 11) is 2.98. The Balaban J connectivity index is 1.19. The summed E-state index contributed by atoms with van der Waals surface area (Å²) in [5, 5.41) is 8.22. The highest BCUT2D eigenvalue weighted by molar-refractivity contribution is 6.05. The van der Waals surface area contributed by atoms with E-state index in [9.17, 15) is 14.0 Å². The summed E-state index contributed by atoms with van der Waals surface area (Å²) in [6, 6.07) is 9.92. The van der Waals surface area contributed by atoms with Gasteiger partial charge in [0, 0.05) is 80.8 Å². The minimum atomic E-state index is -0.517. The lowest BCUT2D eigenvalue weighted by Gasteiger charge is -2.36. The van der Waals surface area contributed by atoms with Crippen LogP contribution in [0.2, 0.25) is 0 Å². The van der Waals surface area contributed by atoms with Gasteiger partial charge in [-0.05, 0) is 47.9 Å². The van der Waals surface area contributed by atoms with Gasteiger partial charge in [0.2, 0.25) is 5.91 Å². The van der Waals surface area contributed by atoms with Gasteiger partial charge in [-0.15, -0.1) is 5.10 Å². The van der Waals surface area contributed by atoms with Crippen LogP contribution in [-0.4, -0.2) is 100 Å². The molecule has 12 nitrogen and oxygen atoms in total. The zero-order valence-corrected chi connectivity index (χ0v) is 27.7. The van der Waals surface area contributed by atoms with E-state index in [2.05, 4.69) is 20.3 Å². The van der Waals surface area contributed by atoms with Crippen molar-refractivity contribution in [1.82, 2.24) is 34.8 Å². The quantitative estimate of drug-likeness (QED) is 0.236. The molecule has 0 saturated carbocycles. The Morgan fingerprint density at radius 3 is 2.54 bits per heavy atom. The number of H-pyrrole nitrogens is 1. The van der Waals surface area contributed by atoms with E-state index in [1.165, 1.54) is 13.2 Å². The number of hydrogen-bond acceptors (Lipinski definition) is 8. The second-order valence-electron chi connectivity index (χ2n) is 12.2. The summed E-state index contributed by atoms with van der Waals surface area (Å²) in [4.78, 5) is 39.9. The van der Waals surface area contributed by atoms with Crippen molar-refractivity contribution in [2.75, 3.05) is 58.4 Å². The van der Waals surface area contributed by atoms with E-state index in [4.69, 9.17) is 9.47 Å². The van der Waals surface area contributed by atoms with E-state index in [-0.39, 0.29) is 41.7 Å². The second-order valence-corrected chi connectivity index (χ2v) is 12.2. The van der Waals surface area contributed by atoms with Crippen LogP contribution in [0, 0.1) is 11.6 Å². The van der Waals surface area contributed by atoms with Crippen molar-refractivity contribution in [3.8, 4) is 22.6 Å². The topological polar surface area (TPSA) is 122 Å². The van der Waals surface area contributed by atoms with Gasteiger partial charge in [-0.25, -0.2) is 8.78 Å². The summed E-state index contributed by atoms with van der Waals surface area (Å²) < 4.78 is 43.6. The molecule has 0 unspecified atom stereocenters. The van der Waals surface area contributed by atoms with Crippen molar-refractivity contribution < 1.29 is 27.8 Å². The first-order valence-corrected chi connectivity index (χ1v) is 16.4. The van der Waals surface area contributed by atoms with Gasteiger partial charge in [-0.2, -0.15) is 0 Å². The number of carbonyl (C=O) groups is 2. The SMILES string of the molecule is COc1ccncc1-c1cc(C2=CCCN(C(=O)CCn3ccnn3)C2)c(F)c2[nH]c(C(=O)N3CCN(c4cccc(F)c4OC)CC3)cc12. The molecule has 50 heavy (non-hydrogen) atoms. The first kappa shape index (κ1) is 32.7. The number of aryl methyl sites for hydroxylation is 1. The summed E-state index contributed by atoms with van der Waals surface area (Å²) in [6.07, 6.45) is 9.29. The first-order valence-electron chi connectivity index (χ1n) is 16.4. The van der Waals surface area contributed by atoms with Crippen LogP contribution in [0.25, 0.3) is 27.6 Å². The Morgan fingerprint density at radius 1 is 0.940 bits per heavy atom. The van der Waals surface area contributed by atoms with E-state index in [1.807, 2.05) is 11.0 Å². The number of aromatic amines is 1. The van der Waals surface area contributed by atoms with Crippen LogP contribution in [0.15, 0.2) is 67.3 Å². The minimum Gasteiger partial charge on any atom is -0.496 e. The lowest BCUT2D eigenvalue weighted by molar-refractivity contribution is -0.131. The number of halogens is 2. The van der Waals surface area contributed by atoms with Crippen molar-refractivity contribution in [3.05, 3.63) is 90.2 Å². The van der Waals surface area contributed by atoms with Crippen molar-refractivity contribution in [3.63, 3.8) is 0 Å². The highest BCUT2D eigenvalue weighted by atomic mass is 19.1. The molecular weight excluding hydrogens is 646 g/mol. The number of rotatable bonds is 9. The van der Waals surface area contributed by atoms with E-state index in [1.54, 1.807) is 76.7 Å². The molecule has 0 aliphatic carbocycles. The maximum absolute atomic E-state index is 16.6. The molecule has 2 aromatic carbocycles. The number of benzene rings is 2. The largest absolute Gasteiger partial charge is 0.496 e. The highest BCUT2D eigenvalue weighted by Crippen LogP contribution is 2.40. The normalized spacial score (nSPS) is 15.0. The summed E-state index contributed by atoms with van der Waals surface area (Å²) in [5.41, 5.74) is 3.29. The Kier molecular flexibility index (Phi) is 9.15. The number of ether oxygens (including phenoxy) is 2. The van der Waals surface area contributed by atoms with Crippen molar-refractivity contribution in [2.24, 2.45) is 0 Å². The van der Waals surface area contributed by atoms with Crippen LogP contribution in [0.5, 0.6) is 11.5 Å². The molecule has 5 aromatic rings. The Hall–Kier alpha value is -5.79. The van der Waals surface area contributed by atoms with Crippen LogP contribution in [-0.2, 0) is 11.3 Å². The van der Waals surface area contributed by atoms with Gasteiger partial charge in [0.25, 0.3) is 5.91 Å². The summed E-state index contributed by atoms with van der Waals surface area (Å²) >= 11 is 0. The number of nitrogens with one attached hydrogen (secondary N) is 1. The number of pyridine rings is 1. The Bertz CT molecular complexity index is 2070. The number of para-hydroxylation sites is 1. The molecule has 2 aliphatic heterocycles. The molecule has 2 aliphatic rings. The van der Waals surface area contributed by atoms with Crippen molar-refractivity contribution in [2.45, 2.75) is 19.4 Å². The average Bonchev–Trinajstić information content (AvgIpc) is 3.85. The van der Waals surface area contributed by atoms with Crippen molar-refractivity contribution in [1.29, 1.82) is 0 Å². The summed E-state index contributed by atoms with van der Waals surface area (Å²) in [5.74, 6) is -0.602. The Morgan fingerprint density at radius 2 is 1.78 bits per heavy atom. The molecule has 2 amide bonds. The molecule has 258 valence electrons. The number of fused-ring (bicyclic) bond motifs is 1. The Labute approximate surface area is 286 Å². The van der Waals surface area contributed by atoms with E-state index in [0.717, 1.165) is 0 Å². The molecule has 5 heterocycles. The number of anilines is 1. The van der Waals surface area contributed by atoms with E-state index >= 15 is 4.39 Å². The molecule has 1 N–H and O–H groups in total. The number of aromatic nitrogens is 5. The monoisotopic (exact) mass is 682 g/mol. The number of methoxy groups -OCH3 is 2. The molecule has 3 aromatic heterocycles. The fourth-order valence-electron chi connectivity index (χ4n) is 6.74. The zero-order valence-electron chi connectivity index (χ0n) is 27.7. The molecule has 14 heteroatoms. The number of nitrogens with zero attached hydrogens (tertiary/aromatic N) is 7. The lowest BCUT2D eigenvalue weighted by atomic mass is 9.93. The van der Waals surface area contributed by atoms with Gasteiger partial charge >= 0.3 is 0 Å². The minimum absolute atomic E-state index is 0.0644. The van der Waals surface area contributed by atoms with Crippen LogP contribution < -0.4 is 14.4 Å². The first-order chi connectivity index (χ1) is 24.4. The molecule has 1 fully saturated rings. The van der Waals surface area contributed by atoms with Gasteiger partial charge in [-0.1, -0.05) is 17.4 Å². The van der Waals surface area contributed by atoms with Crippen molar-refractivity contribution >= 4 is 34.0 Å². The van der Waals surface area contributed by atoms with Crippen LogP contribution in [0.1, 0.15) is 28.9 Å². The average molecular weight is 683 g/mol. The number of carbonyl (C=O) groups excluding carboxylic acids is 2. The molecule has 0 spiro atoms. The standard InChI is InChI=1S/C36H36F2N8O4/c1-49-31-8-10-39-21-27(31)25-19-24(23-5-4-12-45(22-23)32(47)9-13-46-14-11-40-42-46)33(38)34-26(25)20-29(41-34)36(48)44-17-15-43(16-18-44)30-7-3-6-28(37)35(30)50-2/h3,5-8,10-11,14,19-21,41H,4,9,12-13,15-18,22H2,1-2H3. The molecular formula is C36H36F2N8O4. The fourth-order valence-corrected chi connectivity index (χ4v) is 6.74. The molecule has 7 rings (SSSR count). The highest BCUT2D eigenvalue weighted by Gasteiger charge is 2.29. The second kappa shape index (κ2) is 14.0. The van der Waals surface area contributed by atoms with E-state index in [0.29, 0.717) is 84.8 Å². The van der Waals surface area contributed by atoms with E-state index < -0.39 is 11.6 Å². The van der Waals surface area contributed by atoms with Crippen LogP contribution >= 0.6 is 0 Å². The predicted octanol–water partition coefficient (Wildman–Crippen LogP) is 4.79. The smallest absolute Gasteiger partial charge is 0.270 e. The third-order valence-electron chi connectivity index (χ3n) is 9.31. The predicted molar refractivity (Wildman–Crippen MR) is 183 cm³/mol. The number of hydrogen-bond donors (Lipinski definition) is 1. The molecule has 1 saturated heterocycles. The molecule has 0 radical (unpaired) electrons. The zero-order chi connectivity index (χ0) is 34.8. The lowest BCUT2D eigenvalue weighted by Crippen LogP contribution is -2.49. The third kappa shape index (κ3) is 6.24. The van der Waals surface area contributed by atoms with Gasteiger partial charge in [0.05, 0.1) is 38.2 Å². The molecule has 0 atom stereocenters. The van der Waals surface area contributed by atoms with Gasteiger partial charge in [0.15, 0.2) is 17.4 Å². The maximum atomic E-state index is 16.6. The number of piperazine rings is 1. The van der Waals surface area contributed by atoms with Crippen LogP contribution in [0.4, 0.5) is 14.5 Å². The fraction of sp³-hybridized carbons (Fsp3) is 0.306. The van der Waals surface area contributed by atoms with Gasteiger partial charge in [0.1, 0.15) is 11.4 Å². The maximum Gasteiger partial charge on any atom is 0.270 e. The molecule has 0 bridgehead atoms. The van der Waals surface area contributed by atoms with Crippen LogP contribution in [0.3, 0.4) is 0 Å².